The van der Waals surface area contributed by atoms with E-state index in [4.69, 9.17) is 11.6 Å². The molecule has 138 valence electrons. The molecule has 0 aliphatic rings. The van der Waals surface area contributed by atoms with Crippen LogP contribution in [0, 0.1) is 0 Å². The lowest BCUT2D eigenvalue weighted by molar-refractivity contribution is -0.121. The van der Waals surface area contributed by atoms with Gasteiger partial charge in [-0.3, -0.25) is 9.59 Å². The molecule has 3 rings (SSSR count). The molecule has 0 saturated heterocycles. The van der Waals surface area contributed by atoms with Crippen molar-refractivity contribution in [3.63, 3.8) is 0 Å². The lowest BCUT2D eigenvalue weighted by Gasteiger charge is -2.20. The van der Waals surface area contributed by atoms with Crippen LogP contribution in [-0.4, -0.2) is 18.4 Å². The Bertz CT molecular complexity index is 898. The molecule has 1 atom stereocenters. The van der Waals surface area contributed by atoms with Crippen LogP contribution < -0.4 is 10.6 Å². The van der Waals surface area contributed by atoms with Crippen molar-refractivity contribution in [3.8, 4) is 0 Å². The van der Waals surface area contributed by atoms with Crippen LogP contribution in [-0.2, 0) is 4.79 Å². The van der Waals surface area contributed by atoms with E-state index in [1.807, 2.05) is 53.9 Å². The third kappa shape index (κ3) is 5.42. The van der Waals surface area contributed by atoms with E-state index in [0.29, 0.717) is 10.6 Å². The van der Waals surface area contributed by atoms with Crippen molar-refractivity contribution < 1.29 is 9.59 Å². The van der Waals surface area contributed by atoms with E-state index in [0.717, 1.165) is 11.1 Å². The average molecular weight is 399 g/mol. The van der Waals surface area contributed by atoms with Gasteiger partial charge in [0.2, 0.25) is 5.91 Å². The minimum atomic E-state index is -0.301. The Hall–Kier alpha value is -2.63. The Labute approximate surface area is 167 Å². The molecule has 0 fully saturated rings. The van der Waals surface area contributed by atoms with Gasteiger partial charge in [-0.2, -0.15) is 11.3 Å². The standard InChI is InChI=1S/C21H19ClN2O2S/c22-18-8-4-7-16(13-18)20(15-5-2-1-3-6-15)24-19(25)9-11-23-21(26)17-10-12-27-14-17/h1-8,10,12-14,20H,9,11H2,(H,23,26)(H,24,25). The first-order valence-electron chi connectivity index (χ1n) is 8.53. The highest BCUT2D eigenvalue weighted by Crippen LogP contribution is 2.24. The molecule has 0 radical (unpaired) electrons. The van der Waals surface area contributed by atoms with Gasteiger partial charge in [-0.15, -0.1) is 0 Å². The fourth-order valence-electron chi connectivity index (χ4n) is 2.71. The molecule has 2 amide bonds. The molecular formula is C21H19ClN2O2S. The normalized spacial score (nSPS) is 11.6. The van der Waals surface area contributed by atoms with Gasteiger partial charge in [-0.25, -0.2) is 0 Å². The van der Waals surface area contributed by atoms with Crippen LogP contribution >= 0.6 is 22.9 Å². The fourth-order valence-corrected chi connectivity index (χ4v) is 3.54. The molecule has 0 bridgehead atoms. The topological polar surface area (TPSA) is 58.2 Å². The number of hydrogen-bond donors (Lipinski definition) is 2. The summed E-state index contributed by atoms with van der Waals surface area (Å²) in [6.07, 6.45) is 0.194. The van der Waals surface area contributed by atoms with E-state index in [1.165, 1.54) is 11.3 Å². The molecule has 2 N–H and O–H groups in total. The number of carbonyl (C=O) groups excluding carboxylic acids is 2. The Balaban J connectivity index is 1.63. The number of hydrogen-bond acceptors (Lipinski definition) is 3. The monoisotopic (exact) mass is 398 g/mol. The summed E-state index contributed by atoms with van der Waals surface area (Å²) < 4.78 is 0. The molecule has 0 aliphatic carbocycles. The number of nitrogens with one attached hydrogen (secondary N) is 2. The molecular weight excluding hydrogens is 380 g/mol. The maximum atomic E-state index is 12.5. The third-order valence-corrected chi connectivity index (χ3v) is 4.96. The molecule has 6 heteroatoms. The Morgan fingerprint density at radius 2 is 1.78 bits per heavy atom. The predicted molar refractivity (Wildman–Crippen MR) is 109 cm³/mol. The van der Waals surface area contributed by atoms with Crippen molar-refractivity contribution in [3.05, 3.63) is 93.1 Å². The minimum absolute atomic E-state index is 0.144. The smallest absolute Gasteiger partial charge is 0.252 e. The van der Waals surface area contributed by atoms with Gasteiger partial charge >= 0.3 is 0 Å². The van der Waals surface area contributed by atoms with Gasteiger partial charge in [0, 0.05) is 28.9 Å². The second-order valence-electron chi connectivity index (χ2n) is 5.98. The molecule has 1 aromatic heterocycles. The van der Waals surface area contributed by atoms with Gasteiger partial charge in [0.1, 0.15) is 0 Å². The van der Waals surface area contributed by atoms with E-state index in [-0.39, 0.29) is 30.8 Å². The minimum Gasteiger partial charge on any atom is -0.351 e. The van der Waals surface area contributed by atoms with E-state index in [2.05, 4.69) is 10.6 Å². The summed E-state index contributed by atoms with van der Waals surface area (Å²) in [6, 6.07) is 18.6. The SMILES string of the molecule is O=C(CCNC(=O)c1ccsc1)NC(c1ccccc1)c1cccc(Cl)c1. The van der Waals surface area contributed by atoms with Crippen molar-refractivity contribution in [2.75, 3.05) is 6.54 Å². The molecule has 4 nitrogen and oxygen atoms in total. The lowest BCUT2D eigenvalue weighted by Crippen LogP contribution is -2.33. The van der Waals surface area contributed by atoms with Crippen LogP contribution in [0.2, 0.25) is 5.02 Å². The van der Waals surface area contributed by atoms with Crippen LogP contribution in [0.15, 0.2) is 71.4 Å². The molecule has 0 saturated carbocycles. The average Bonchev–Trinajstić information content (AvgIpc) is 3.22. The summed E-state index contributed by atoms with van der Waals surface area (Å²) >= 11 is 7.58. The first-order chi connectivity index (χ1) is 13.1. The molecule has 2 aromatic carbocycles. The zero-order valence-electron chi connectivity index (χ0n) is 14.5. The largest absolute Gasteiger partial charge is 0.351 e. The van der Waals surface area contributed by atoms with Gasteiger partial charge in [0.05, 0.1) is 6.04 Å². The van der Waals surface area contributed by atoms with Crippen molar-refractivity contribution in [2.45, 2.75) is 12.5 Å². The van der Waals surface area contributed by atoms with Crippen molar-refractivity contribution in [1.29, 1.82) is 0 Å². The Morgan fingerprint density at radius 3 is 2.48 bits per heavy atom. The molecule has 1 heterocycles. The zero-order chi connectivity index (χ0) is 19.1. The number of benzene rings is 2. The number of rotatable bonds is 7. The van der Waals surface area contributed by atoms with Crippen LogP contribution in [0.1, 0.15) is 33.9 Å². The van der Waals surface area contributed by atoms with Gasteiger partial charge in [0.25, 0.3) is 5.91 Å². The highest BCUT2D eigenvalue weighted by atomic mass is 35.5. The summed E-state index contributed by atoms with van der Waals surface area (Å²) in [4.78, 5) is 24.4. The van der Waals surface area contributed by atoms with Crippen LogP contribution in [0.4, 0.5) is 0 Å². The van der Waals surface area contributed by atoms with Crippen LogP contribution in [0.3, 0.4) is 0 Å². The second kappa shape index (κ2) is 9.35. The van der Waals surface area contributed by atoms with Gasteiger partial charge in [-0.05, 0) is 34.7 Å². The number of carbonyl (C=O) groups is 2. The predicted octanol–water partition coefficient (Wildman–Crippen LogP) is 4.43. The molecule has 27 heavy (non-hydrogen) atoms. The summed E-state index contributed by atoms with van der Waals surface area (Å²) in [5.74, 6) is -0.312. The summed E-state index contributed by atoms with van der Waals surface area (Å²) in [5, 5.41) is 10.0. The number of thiophene rings is 1. The molecule has 3 aromatic rings. The maximum Gasteiger partial charge on any atom is 0.252 e. The summed E-state index contributed by atoms with van der Waals surface area (Å²) in [5.41, 5.74) is 2.49. The second-order valence-corrected chi connectivity index (χ2v) is 7.20. The summed E-state index contributed by atoms with van der Waals surface area (Å²) in [7, 11) is 0. The summed E-state index contributed by atoms with van der Waals surface area (Å²) in [6.45, 7) is 0.275. The first kappa shape index (κ1) is 19.1. The van der Waals surface area contributed by atoms with Crippen LogP contribution in [0.25, 0.3) is 0 Å². The molecule has 0 spiro atoms. The van der Waals surface area contributed by atoms with Gasteiger partial charge in [-0.1, -0.05) is 54.1 Å². The van der Waals surface area contributed by atoms with E-state index < -0.39 is 0 Å². The molecule has 1 unspecified atom stereocenters. The zero-order valence-corrected chi connectivity index (χ0v) is 16.1. The molecule has 0 aliphatic heterocycles. The number of amides is 2. The van der Waals surface area contributed by atoms with E-state index >= 15 is 0 Å². The van der Waals surface area contributed by atoms with Gasteiger partial charge in [0.15, 0.2) is 0 Å². The van der Waals surface area contributed by atoms with E-state index in [1.54, 1.807) is 17.5 Å². The third-order valence-electron chi connectivity index (χ3n) is 4.04. The van der Waals surface area contributed by atoms with Crippen molar-refractivity contribution in [2.24, 2.45) is 0 Å². The number of halogens is 1. The first-order valence-corrected chi connectivity index (χ1v) is 9.86. The fraction of sp³-hybridized carbons (Fsp3) is 0.143. The quantitative estimate of drug-likeness (QED) is 0.618. The van der Waals surface area contributed by atoms with Crippen molar-refractivity contribution in [1.82, 2.24) is 10.6 Å². The van der Waals surface area contributed by atoms with Crippen LogP contribution in [0.5, 0.6) is 0 Å². The highest BCUT2D eigenvalue weighted by Gasteiger charge is 2.17. The Morgan fingerprint density at radius 1 is 1.00 bits per heavy atom. The highest BCUT2D eigenvalue weighted by molar-refractivity contribution is 7.08. The Kier molecular flexibility index (Phi) is 6.63. The lowest BCUT2D eigenvalue weighted by atomic mass is 9.98. The van der Waals surface area contributed by atoms with E-state index in [9.17, 15) is 9.59 Å². The maximum absolute atomic E-state index is 12.5. The van der Waals surface area contributed by atoms with Crippen molar-refractivity contribution >= 4 is 34.8 Å². The van der Waals surface area contributed by atoms with Gasteiger partial charge < -0.3 is 10.6 Å².